The third-order valence-corrected chi connectivity index (χ3v) is 5.20. The SMILES string of the molecule is Cc1nc2c(NC3CCOc4c(F)cccc43)cc(C(=O)N(C)C)cn2c1C. The van der Waals surface area contributed by atoms with E-state index in [-0.39, 0.29) is 17.8 Å². The Kier molecular flexibility index (Phi) is 4.45. The molecule has 0 radical (unpaired) electrons. The predicted octanol–water partition coefficient (Wildman–Crippen LogP) is 3.73. The molecule has 1 N–H and O–H groups in total. The number of nitrogens with zero attached hydrogens (tertiary/aromatic N) is 3. The average molecular weight is 382 g/mol. The Morgan fingerprint density at radius 1 is 1.36 bits per heavy atom. The minimum Gasteiger partial charge on any atom is -0.490 e. The highest BCUT2D eigenvalue weighted by molar-refractivity contribution is 5.95. The Hall–Kier alpha value is -3.09. The molecular weight excluding hydrogens is 359 g/mol. The van der Waals surface area contributed by atoms with Gasteiger partial charge in [-0.3, -0.25) is 4.79 Å². The highest BCUT2D eigenvalue weighted by Gasteiger charge is 2.25. The fraction of sp³-hybridized carbons (Fsp3) is 0.333. The molecule has 1 atom stereocenters. The first-order valence-corrected chi connectivity index (χ1v) is 9.25. The number of benzene rings is 1. The lowest BCUT2D eigenvalue weighted by Gasteiger charge is -2.28. The Bertz CT molecular complexity index is 1070. The lowest BCUT2D eigenvalue weighted by molar-refractivity contribution is 0.0827. The van der Waals surface area contributed by atoms with E-state index in [1.165, 1.54) is 6.07 Å². The molecule has 0 bridgehead atoms. The van der Waals surface area contributed by atoms with E-state index in [1.807, 2.05) is 36.6 Å². The maximum absolute atomic E-state index is 14.1. The predicted molar refractivity (Wildman–Crippen MR) is 106 cm³/mol. The van der Waals surface area contributed by atoms with Crippen molar-refractivity contribution < 1.29 is 13.9 Å². The molecule has 3 aromatic rings. The quantitative estimate of drug-likeness (QED) is 0.750. The minimum absolute atomic E-state index is 0.0888. The summed E-state index contributed by atoms with van der Waals surface area (Å²) in [7, 11) is 3.45. The van der Waals surface area contributed by atoms with Gasteiger partial charge in [-0.15, -0.1) is 0 Å². The number of rotatable bonds is 3. The smallest absolute Gasteiger partial charge is 0.254 e. The Morgan fingerprint density at radius 3 is 2.89 bits per heavy atom. The number of pyridine rings is 1. The van der Waals surface area contributed by atoms with Crippen LogP contribution in [0.25, 0.3) is 5.65 Å². The van der Waals surface area contributed by atoms with Gasteiger partial charge in [0, 0.05) is 38.0 Å². The molecule has 0 spiro atoms. The number of aromatic nitrogens is 2. The van der Waals surface area contributed by atoms with E-state index in [0.717, 1.165) is 28.3 Å². The number of hydrogen-bond acceptors (Lipinski definition) is 4. The fourth-order valence-electron chi connectivity index (χ4n) is 3.58. The first-order valence-electron chi connectivity index (χ1n) is 9.25. The number of carbonyl (C=O) groups excluding carboxylic acids is 1. The average Bonchev–Trinajstić information content (AvgIpc) is 2.96. The van der Waals surface area contributed by atoms with Gasteiger partial charge in [0.2, 0.25) is 0 Å². The van der Waals surface area contributed by atoms with Crippen molar-refractivity contribution in [1.29, 1.82) is 0 Å². The lowest BCUT2D eigenvalue weighted by Crippen LogP contribution is -2.24. The zero-order valence-electron chi connectivity index (χ0n) is 16.4. The summed E-state index contributed by atoms with van der Waals surface area (Å²) < 4.78 is 21.6. The van der Waals surface area contributed by atoms with Crippen LogP contribution in [0.15, 0.2) is 30.5 Å². The summed E-state index contributed by atoms with van der Waals surface area (Å²) in [5.41, 5.74) is 4.70. The highest BCUT2D eigenvalue weighted by Crippen LogP contribution is 2.37. The van der Waals surface area contributed by atoms with Gasteiger partial charge in [-0.25, -0.2) is 9.37 Å². The van der Waals surface area contributed by atoms with E-state index in [2.05, 4.69) is 10.3 Å². The molecule has 1 unspecified atom stereocenters. The molecule has 2 aromatic heterocycles. The van der Waals surface area contributed by atoms with Crippen molar-refractivity contribution in [2.75, 3.05) is 26.0 Å². The second-order valence-corrected chi connectivity index (χ2v) is 7.31. The number of amides is 1. The minimum atomic E-state index is -0.363. The number of anilines is 1. The van der Waals surface area contributed by atoms with Crippen LogP contribution in [0.5, 0.6) is 5.75 Å². The second-order valence-electron chi connectivity index (χ2n) is 7.31. The standard InChI is InChI=1S/C21H23FN4O2/c1-12-13(2)26-11-14(21(27)25(3)4)10-18(20(26)23-12)24-17-8-9-28-19-15(17)6-5-7-16(19)22/h5-7,10-11,17,24H,8-9H2,1-4H3. The number of hydrogen-bond donors (Lipinski definition) is 1. The zero-order chi connectivity index (χ0) is 20.0. The van der Waals surface area contributed by atoms with Crippen molar-refractivity contribution in [3.8, 4) is 5.75 Å². The van der Waals surface area contributed by atoms with Gasteiger partial charge in [-0.1, -0.05) is 12.1 Å². The molecule has 4 rings (SSSR count). The summed E-state index contributed by atoms with van der Waals surface area (Å²) >= 11 is 0. The largest absolute Gasteiger partial charge is 0.490 e. The van der Waals surface area contributed by atoms with Crippen molar-refractivity contribution >= 4 is 17.2 Å². The molecule has 3 heterocycles. The van der Waals surface area contributed by atoms with Crippen molar-refractivity contribution in [2.45, 2.75) is 26.3 Å². The van der Waals surface area contributed by atoms with Crippen LogP contribution in [0.2, 0.25) is 0 Å². The van der Waals surface area contributed by atoms with Crippen LogP contribution in [0.1, 0.15) is 39.8 Å². The molecular formula is C21H23FN4O2. The van der Waals surface area contributed by atoms with E-state index in [0.29, 0.717) is 24.3 Å². The van der Waals surface area contributed by atoms with Crippen molar-refractivity contribution in [1.82, 2.24) is 14.3 Å². The molecule has 0 saturated heterocycles. The Labute approximate surface area is 162 Å². The number of carbonyl (C=O) groups is 1. The fourth-order valence-corrected chi connectivity index (χ4v) is 3.58. The summed E-state index contributed by atoms with van der Waals surface area (Å²) in [6, 6.07) is 6.63. The highest BCUT2D eigenvalue weighted by atomic mass is 19.1. The topological polar surface area (TPSA) is 58.9 Å². The molecule has 7 heteroatoms. The normalized spacial score (nSPS) is 15.8. The number of ether oxygens (including phenoxy) is 1. The Balaban J connectivity index is 1.82. The third kappa shape index (κ3) is 2.96. The number of fused-ring (bicyclic) bond motifs is 2. The van der Waals surface area contributed by atoms with Gasteiger partial charge in [0.15, 0.2) is 17.2 Å². The molecule has 0 aliphatic carbocycles. The summed E-state index contributed by atoms with van der Waals surface area (Å²) in [6.45, 7) is 4.34. The number of halogens is 1. The molecule has 28 heavy (non-hydrogen) atoms. The van der Waals surface area contributed by atoms with Gasteiger partial charge in [0.1, 0.15) is 0 Å². The van der Waals surface area contributed by atoms with Gasteiger partial charge in [0.05, 0.1) is 29.6 Å². The molecule has 6 nitrogen and oxygen atoms in total. The summed E-state index contributed by atoms with van der Waals surface area (Å²) in [4.78, 5) is 18.8. The molecule has 146 valence electrons. The number of para-hydroxylation sites is 1. The van der Waals surface area contributed by atoms with E-state index in [4.69, 9.17) is 4.74 Å². The van der Waals surface area contributed by atoms with Gasteiger partial charge in [-0.2, -0.15) is 0 Å². The van der Waals surface area contributed by atoms with Gasteiger partial charge < -0.3 is 19.4 Å². The van der Waals surface area contributed by atoms with Crippen LogP contribution in [-0.2, 0) is 0 Å². The van der Waals surface area contributed by atoms with Crippen molar-refractivity contribution in [3.63, 3.8) is 0 Å². The van der Waals surface area contributed by atoms with Crippen LogP contribution in [-0.4, -0.2) is 40.9 Å². The van der Waals surface area contributed by atoms with Crippen LogP contribution >= 0.6 is 0 Å². The van der Waals surface area contributed by atoms with Crippen LogP contribution in [0.4, 0.5) is 10.1 Å². The summed E-state index contributed by atoms with van der Waals surface area (Å²) in [5.74, 6) is -0.161. The molecule has 1 aliphatic heterocycles. The van der Waals surface area contributed by atoms with Gasteiger partial charge in [0.25, 0.3) is 5.91 Å². The molecule has 1 aliphatic rings. The second kappa shape index (κ2) is 6.82. The molecule has 1 amide bonds. The lowest BCUT2D eigenvalue weighted by atomic mass is 10.00. The van der Waals surface area contributed by atoms with Crippen LogP contribution < -0.4 is 10.1 Å². The molecule has 0 fully saturated rings. The van der Waals surface area contributed by atoms with Gasteiger partial charge >= 0.3 is 0 Å². The maximum atomic E-state index is 14.1. The summed E-state index contributed by atoms with van der Waals surface area (Å²) in [6.07, 6.45) is 2.50. The number of nitrogens with one attached hydrogen (secondary N) is 1. The van der Waals surface area contributed by atoms with E-state index in [1.54, 1.807) is 25.1 Å². The van der Waals surface area contributed by atoms with Crippen LogP contribution in [0.3, 0.4) is 0 Å². The maximum Gasteiger partial charge on any atom is 0.254 e. The molecule has 0 saturated carbocycles. The third-order valence-electron chi connectivity index (χ3n) is 5.20. The number of imidazole rings is 1. The van der Waals surface area contributed by atoms with Crippen LogP contribution in [0, 0.1) is 19.7 Å². The number of aryl methyl sites for hydroxylation is 2. The monoisotopic (exact) mass is 382 g/mol. The summed E-state index contributed by atoms with van der Waals surface area (Å²) in [5, 5.41) is 3.48. The van der Waals surface area contributed by atoms with Gasteiger partial charge in [-0.05, 0) is 26.0 Å². The zero-order valence-corrected chi connectivity index (χ0v) is 16.4. The van der Waals surface area contributed by atoms with Crippen molar-refractivity contribution in [3.05, 3.63) is 58.8 Å². The van der Waals surface area contributed by atoms with Crippen molar-refractivity contribution in [2.24, 2.45) is 0 Å². The first-order chi connectivity index (χ1) is 13.4. The van der Waals surface area contributed by atoms with E-state index < -0.39 is 0 Å². The molecule has 1 aromatic carbocycles. The van der Waals surface area contributed by atoms with E-state index in [9.17, 15) is 9.18 Å². The Morgan fingerprint density at radius 2 is 2.14 bits per heavy atom. The van der Waals surface area contributed by atoms with E-state index >= 15 is 0 Å². The first kappa shape index (κ1) is 18.3.